The van der Waals surface area contributed by atoms with Gasteiger partial charge < -0.3 is 15.2 Å². The molecule has 6 heteroatoms. The number of benzene rings is 1. The maximum atomic E-state index is 12.4. The first kappa shape index (κ1) is 14.9. The maximum Gasteiger partial charge on any atom is 0.251 e. The van der Waals surface area contributed by atoms with Crippen LogP contribution in [0.4, 0.5) is 0 Å². The van der Waals surface area contributed by atoms with Gasteiger partial charge in [-0.2, -0.15) is 0 Å². The van der Waals surface area contributed by atoms with E-state index < -0.39 is 0 Å². The largest absolute Gasteiger partial charge is 0.352 e. The van der Waals surface area contributed by atoms with E-state index in [9.17, 15) is 9.59 Å². The molecule has 0 saturated carbocycles. The fourth-order valence-electron chi connectivity index (χ4n) is 3.48. The van der Waals surface area contributed by atoms with Gasteiger partial charge in [0.2, 0.25) is 5.91 Å². The van der Waals surface area contributed by atoms with Gasteiger partial charge in [-0.1, -0.05) is 12.1 Å². The summed E-state index contributed by atoms with van der Waals surface area (Å²) in [5.41, 5.74) is 2.76. The summed E-state index contributed by atoms with van der Waals surface area (Å²) in [5.74, 6) is 0.989. The standard InChI is InChI=1S/C18H20N4O2/c23-17(14-4-7-22-8-6-19-16(22)10-14)21-11-12-1-2-13-3-5-20-18(24)15(13)9-12/h1-2,6,8-9,14H,3-5,7,10-11H2,(H,20,24)(H,21,23). The number of aromatic nitrogens is 2. The van der Waals surface area contributed by atoms with E-state index in [-0.39, 0.29) is 17.7 Å². The molecular weight excluding hydrogens is 304 g/mol. The molecule has 1 unspecified atom stereocenters. The van der Waals surface area contributed by atoms with Crippen LogP contribution in [0.5, 0.6) is 0 Å². The molecule has 2 aromatic rings. The zero-order chi connectivity index (χ0) is 16.5. The van der Waals surface area contributed by atoms with Gasteiger partial charge in [-0.15, -0.1) is 0 Å². The van der Waals surface area contributed by atoms with Crippen LogP contribution in [0.1, 0.15) is 33.7 Å². The van der Waals surface area contributed by atoms with Crippen LogP contribution in [0.25, 0.3) is 0 Å². The highest BCUT2D eigenvalue weighted by atomic mass is 16.2. The van der Waals surface area contributed by atoms with Crippen LogP contribution >= 0.6 is 0 Å². The molecule has 1 aromatic carbocycles. The Labute approximate surface area is 140 Å². The second kappa shape index (κ2) is 6.11. The van der Waals surface area contributed by atoms with Gasteiger partial charge in [0.1, 0.15) is 5.82 Å². The predicted octanol–water partition coefficient (Wildman–Crippen LogP) is 1.05. The molecule has 0 aliphatic carbocycles. The van der Waals surface area contributed by atoms with Gasteiger partial charge in [0.15, 0.2) is 0 Å². The third-order valence-electron chi connectivity index (χ3n) is 4.89. The minimum atomic E-state index is -0.0270. The number of carbonyl (C=O) groups is 2. The average Bonchev–Trinajstić information content (AvgIpc) is 3.08. The number of aryl methyl sites for hydroxylation is 1. The molecule has 2 amide bonds. The minimum absolute atomic E-state index is 0.0245. The number of rotatable bonds is 3. The summed E-state index contributed by atoms with van der Waals surface area (Å²) in [6, 6.07) is 5.87. The SMILES string of the molecule is O=C1NCCc2ccc(CNC(=O)C3CCn4ccnc4C3)cc21. The van der Waals surface area contributed by atoms with Gasteiger partial charge in [-0.3, -0.25) is 9.59 Å². The third kappa shape index (κ3) is 2.79. The van der Waals surface area contributed by atoms with Crippen LogP contribution < -0.4 is 10.6 Å². The van der Waals surface area contributed by atoms with E-state index in [1.54, 1.807) is 6.20 Å². The molecule has 0 radical (unpaired) electrons. The van der Waals surface area contributed by atoms with Crippen molar-refractivity contribution in [3.63, 3.8) is 0 Å². The monoisotopic (exact) mass is 324 g/mol. The number of carbonyl (C=O) groups excluding carboxylic acids is 2. The number of nitrogens with one attached hydrogen (secondary N) is 2. The second-order valence-corrected chi connectivity index (χ2v) is 6.44. The second-order valence-electron chi connectivity index (χ2n) is 6.44. The average molecular weight is 324 g/mol. The van der Waals surface area contributed by atoms with E-state index in [1.807, 2.05) is 24.4 Å². The van der Waals surface area contributed by atoms with Crippen LogP contribution in [0.2, 0.25) is 0 Å². The van der Waals surface area contributed by atoms with E-state index in [0.29, 0.717) is 19.5 Å². The van der Waals surface area contributed by atoms with E-state index in [2.05, 4.69) is 20.2 Å². The van der Waals surface area contributed by atoms with Gasteiger partial charge in [-0.25, -0.2) is 4.98 Å². The Hall–Kier alpha value is -2.63. The lowest BCUT2D eigenvalue weighted by molar-refractivity contribution is -0.125. The van der Waals surface area contributed by atoms with Crippen molar-refractivity contribution in [3.05, 3.63) is 53.1 Å². The van der Waals surface area contributed by atoms with Crippen LogP contribution in [0, 0.1) is 5.92 Å². The fraction of sp³-hybridized carbons (Fsp3) is 0.389. The number of hydrogen-bond acceptors (Lipinski definition) is 3. The minimum Gasteiger partial charge on any atom is -0.352 e. The molecule has 124 valence electrons. The third-order valence-corrected chi connectivity index (χ3v) is 4.89. The Kier molecular flexibility index (Phi) is 3.80. The highest BCUT2D eigenvalue weighted by molar-refractivity contribution is 5.96. The molecule has 0 saturated heterocycles. The van der Waals surface area contributed by atoms with E-state index >= 15 is 0 Å². The van der Waals surface area contributed by atoms with Crippen molar-refractivity contribution < 1.29 is 9.59 Å². The molecule has 24 heavy (non-hydrogen) atoms. The highest BCUT2D eigenvalue weighted by Gasteiger charge is 2.25. The van der Waals surface area contributed by atoms with E-state index in [1.165, 1.54) is 0 Å². The molecule has 0 bridgehead atoms. The molecule has 0 fully saturated rings. The lowest BCUT2D eigenvalue weighted by Gasteiger charge is -2.23. The quantitative estimate of drug-likeness (QED) is 0.886. The van der Waals surface area contributed by atoms with Crippen molar-refractivity contribution in [2.45, 2.75) is 32.4 Å². The summed E-state index contributed by atoms with van der Waals surface area (Å²) >= 11 is 0. The van der Waals surface area contributed by atoms with Crippen molar-refractivity contribution in [1.82, 2.24) is 20.2 Å². The van der Waals surface area contributed by atoms with Gasteiger partial charge in [0.25, 0.3) is 5.91 Å². The zero-order valence-corrected chi connectivity index (χ0v) is 13.4. The van der Waals surface area contributed by atoms with Gasteiger partial charge in [0, 0.05) is 49.9 Å². The van der Waals surface area contributed by atoms with Crippen molar-refractivity contribution in [1.29, 1.82) is 0 Å². The molecule has 1 atom stereocenters. The van der Waals surface area contributed by atoms with Gasteiger partial charge >= 0.3 is 0 Å². The Bertz CT molecular complexity index is 796. The Balaban J connectivity index is 1.39. The van der Waals surface area contributed by atoms with Crippen LogP contribution in [-0.2, 0) is 30.7 Å². The maximum absolute atomic E-state index is 12.4. The summed E-state index contributed by atoms with van der Waals surface area (Å²) in [6.45, 7) is 1.98. The van der Waals surface area contributed by atoms with Gasteiger partial charge in [0.05, 0.1) is 0 Å². The van der Waals surface area contributed by atoms with Crippen molar-refractivity contribution >= 4 is 11.8 Å². The summed E-state index contributed by atoms with van der Waals surface area (Å²) in [4.78, 5) is 28.6. The molecule has 4 rings (SSSR count). The Morgan fingerprint density at radius 3 is 3.25 bits per heavy atom. The molecule has 6 nitrogen and oxygen atoms in total. The van der Waals surface area contributed by atoms with Gasteiger partial charge in [-0.05, 0) is 30.0 Å². The molecule has 2 N–H and O–H groups in total. The molecule has 2 aliphatic rings. The Morgan fingerprint density at radius 1 is 1.42 bits per heavy atom. The van der Waals surface area contributed by atoms with E-state index in [0.717, 1.165) is 41.9 Å². The smallest absolute Gasteiger partial charge is 0.251 e. The Morgan fingerprint density at radius 2 is 2.33 bits per heavy atom. The number of amides is 2. The summed E-state index contributed by atoms with van der Waals surface area (Å²) < 4.78 is 2.10. The normalized spacial score (nSPS) is 19.2. The predicted molar refractivity (Wildman–Crippen MR) is 88.4 cm³/mol. The van der Waals surface area contributed by atoms with Crippen molar-refractivity contribution in [2.24, 2.45) is 5.92 Å². The molecule has 1 aromatic heterocycles. The van der Waals surface area contributed by atoms with E-state index in [4.69, 9.17) is 0 Å². The van der Waals surface area contributed by atoms with Crippen molar-refractivity contribution in [2.75, 3.05) is 6.54 Å². The summed E-state index contributed by atoms with van der Waals surface area (Å²) in [7, 11) is 0. The van der Waals surface area contributed by atoms with Crippen molar-refractivity contribution in [3.8, 4) is 0 Å². The number of fused-ring (bicyclic) bond motifs is 2. The first-order chi connectivity index (χ1) is 11.7. The summed E-state index contributed by atoms with van der Waals surface area (Å²) in [5, 5.41) is 5.86. The first-order valence-electron chi connectivity index (χ1n) is 8.38. The van der Waals surface area contributed by atoms with Crippen LogP contribution in [0.3, 0.4) is 0 Å². The summed E-state index contributed by atoms with van der Waals surface area (Å²) in [6.07, 6.45) is 6.13. The zero-order valence-electron chi connectivity index (χ0n) is 13.4. The first-order valence-corrected chi connectivity index (χ1v) is 8.38. The fourth-order valence-corrected chi connectivity index (χ4v) is 3.48. The highest BCUT2D eigenvalue weighted by Crippen LogP contribution is 2.20. The lowest BCUT2D eigenvalue weighted by Crippen LogP contribution is -2.35. The topological polar surface area (TPSA) is 76.0 Å². The lowest BCUT2D eigenvalue weighted by atomic mass is 9.96. The molecule has 2 aliphatic heterocycles. The number of imidazole rings is 1. The molecular formula is C18H20N4O2. The molecule has 3 heterocycles. The number of hydrogen-bond donors (Lipinski definition) is 2. The number of nitrogens with zero attached hydrogens (tertiary/aromatic N) is 2. The molecule has 0 spiro atoms. The van der Waals surface area contributed by atoms with Crippen LogP contribution in [0.15, 0.2) is 30.6 Å². The van der Waals surface area contributed by atoms with Crippen LogP contribution in [-0.4, -0.2) is 27.9 Å².